The summed E-state index contributed by atoms with van der Waals surface area (Å²) < 4.78 is 5.17. The molecule has 0 saturated carbocycles. The Morgan fingerprint density at radius 1 is 1.40 bits per heavy atom. The van der Waals surface area contributed by atoms with E-state index in [-0.39, 0.29) is 10.6 Å². The Morgan fingerprint density at radius 3 is 2.65 bits per heavy atom. The molecule has 0 heterocycles. The Labute approximate surface area is 119 Å². The molecule has 1 aromatic carbocycles. The standard InChI is InChI=1S/C14H23N3O3/c1-20-11-13(3-2-9-15)16-10-8-12-4-6-14(7-5-12)17(18)19/h4-7,13,16H,2-3,8-11,15H2,1H3. The third kappa shape index (κ3) is 6.10. The molecule has 0 amide bonds. The Hall–Kier alpha value is -1.50. The van der Waals surface area contributed by atoms with Gasteiger partial charge >= 0.3 is 0 Å². The maximum Gasteiger partial charge on any atom is 0.269 e. The third-order valence-corrected chi connectivity index (χ3v) is 3.12. The number of nitro benzene ring substituents is 1. The number of hydrogen-bond donors (Lipinski definition) is 2. The molecule has 6 nitrogen and oxygen atoms in total. The molecule has 6 heteroatoms. The van der Waals surface area contributed by atoms with Crippen LogP contribution in [0, 0.1) is 10.1 Å². The van der Waals surface area contributed by atoms with E-state index in [1.165, 1.54) is 12.1 Å². The van der Waals surface area contributed by atoms with E-state index in [9.17, 15) is 10.1 Å². The highest BCUT2D eigenvalue weighted by atomic mass is 16.6. The van der Waals surface area contributed by atoms with E-state index in [2.05, 4.69) is 5.32 Å². The minimum Gasteiger partial charge on any atom is -0.383 e. The fourth-order valence-corrected chi connectivity index (χ4v) is 2.01. The zero-order valence-corrected chi connectivity index (χ0v) is 11.9. The van der Waals surface area contributed by atoms with E-state index in [4.69, 9.17) is 10.5 Å². The molecule has 1 unspecified atom stereocenters. The molecule has 1 rings (SSSR count). The first-order valence-corrected chi connectivity index (χ1v) is 6.83. The molecule has 0 saturated heterocycles. The van der Waals surface area contributed by atoms with Gasteiger partial charge in [0.2, 0.25) is 0 Å². The van der Waals surface area contributed by atoms with Crippen LogP contribution in [-0.4, -0.2) is 37.8 Å². The SMILES string of the molecule is COCC(CCCN)NCCc1ccc([N+](=O)[O-])cc1. The van der Waals surface area contributed by atoms with Crippen LogP contribution < -0.4 is 11.1 Å². The number of benzene rings is 1. The van der Waals surface area contributed by atoms with Crippen LogP contribution in [0.25, 0.3) is 0 Å². The Morgan fingerprint density at radius 2 is 2.10 bits per heavy atom. The number of non-ortho nitro benzene ring substituents is 1. The van der Waals surface area contributed by atoms with Crippen molar-refractivity contribution in [1.82, 2.24) is 5.32 Å². The maximum atomic E-state index is 10.6. The number of nitrogens with one attached hydrogen (secondary N) is 1. The molecule has 20 heavy (non-hydrogen) atoms. The second-order valence-corrected chi connectivity index (χ2v) is 4.71. The minimum atomic E-state index is -0.385. The highest BCUT2D eigenvalue weighted by Gasteiger charge is 2.07. The Balaban J connectivity index is 2.35. The van der Waals surface area contributed by atoms with Crippen molar-refractivity contribution in [1.29, 1.82) is 0 Å². The quantitative estimate of drug-likeness (QED) is 0.501. The van der Waals surface area contributed by atoms with Crippen molar-refractivity contribution in [2.75, 3.05) is 26.8 Å². The smallest absolute Gasteiger partial charge is 0.269 e. The Bertz CT molecular complexity index is 395. The summed E-state index contributed by atoms with van der Waals surface area (Å²) in [5.41, 5.74) is 6.72. The number of nitrogens with zero attached hydrogens (tertiary/aromatic N) is 1. The van der Waals surface area contributed by atoms with Gasteiger partial charge in [-0.3, -0.25) is 10.1 Å². The zero-order chi connectivity index (χ0) is 14.8. The molecule has 0 aliphatic rings. The van der Waals surface area contributed by atoms with Gasteiger partial charge in [0.25, 0.3) is 5.69 Å². The minimum absolute atomic E-state index is 0.127. The van der Waals surface area contributed by atoms with Gasteiger partial charge in [0.15, 0.2) is 0 Å². The van der Waals surface area contributed by atoms with Crippen LogP contribution in [0.2, 0.25) is 0 Å². The number of rotatable bonds is 10. The molecule has 0 spiro atoms. The second kappa shape index (κ2) is 9.41. The van der Waals surface area contributed by atoms with E-state index in [0.29, 0.717) is 19.2 Å². The largest absolute Gasteiger partial charge is 0.383 e. The summed E-state index contributed by atoms with van der Waals surface area (Å²) in [5, 5.41) is 14.0. The van der Waals surface area contributed by atoms with Crippen molar-refractivity contribution < 1.29 is 9.66 Å². The first-order chi connectivity index (χ1) is 9.67. The molecule has 0 aliphatic carbocycles. The molecule has 1 aromatic rings. The highest BCUT2D eigenvalue weighted by Crippen LogP contribution is 2.12. The van der Waals surface area contributed by atoms with Gasteiger partial charge < -0.3 is 15.8 Å². The molecular formula is C14H23N3O3. The summed E-state index contributed by atoms with van der Waals surface area (Å²) in [4.78, 5) is 10.2. The van der Waals surface area contributed by atoms with Gasteiger partial charge in [0.1, 0.15) is 0 Å². The molecule has 0 radical (unpaired) electrons. The van der Waals surface area contributed by atoms with Gasteiger partial charge in [-0.15, -0.1) is 0 Å². The molecule has 0 aliphatic heterocycles. The first kappa shape index (κ1) is 16.6. The third-order valence-electron chi connectivity index (χ3n) is 3.12. The van der Waals surface area contributed by atoms with Crippen molar-refractivity contribution in [3.63, 3.8) is 0 Å². The van der Waals surface area contributed by atoms with Crippen molar-refractivity contribution >= 4 is 5.69 Å². The van der Waals surface area contributed by atoms with Crippen molar-refractivity contribution in [3.05, 3.63) is 39.9 Å². The van der Waals surface area contributed by atoms with Crippen LogP contribution in [0.3, 0.4) is 0 Å². The number of nitro groups is 1. The lowest BCUT2D eigenvalue weighted by atomic mass is 10.1. The second-order valence-electron chi connectivity index (χ2n) is 4.71. The lowest BCUT2D eigenvalue weighted by molar-refractivity contribution is -0.384. The first-order valence-electron chi connectivity index (χ1n) is 6.83. The van der Waals surface area contributed by atoms with Crippen LogP contribution in [0.4, 0.5) is 5.69 Å². The number of nitrogens with two attached hydrogens (primary N) is 1. The van der Waals surface area contributed by atoms with E-state index in [1.807, 2.05) is 0 Å². The average Bonchev–Trinajstić information content (AvgIpc) is 2.45. The number of methoxy groups -OCH3 is 1. The molecule has 0 aromatic heterocycles. The van der Waals surface area contributed by atoms with Crippen LogP contribution in [-0.2, 0) is 11.2 Å². The lowest BCUT2D eigenvalue weighted by Crippen LogP contribution is -2.35. The van der Waals surface area contributed by atoms with Gasteiger partial charge in [0, 0.05) is 25.3 Å². The van der Waals surface area contributed by atoms with Gasteiger partial charge in [-0.2, -0.15) is 0 Å². The summed E-state index contributed by atoms with van der Waals surface area (Å²) in [6, 6.07) is 6.98. The predicted molar refractivity (Wildman–Crippen MR) is 78.8 cm³/mol. The molecular weight excluding hydrogens is 258 g/mol. The van der Waals surface area contributed by atoms with Gasteiger partial charge in [0.05, 0.1) is 11.5 Å². The van der Waals surface area contributed by atoms with Crippen molar-refractivity contribution in [3.8, 4) is 0 Å². The molecule has 0 bridgehead atoms. The zero-order valence-electron chi connectivity index (χ0n) is 11.9. The van der Waals surface area contributed by atoms with E-state index < -0.39 is 0 Å². The monoisotopic (exact) mass is 281 g/mol. The normalized spacial score (nSPS) is 12.3. The average molecular weight is 281 g/mol. The molecule has 1 atom stereocenters. The summed E-state index contributed by atoms with van der Waals surface area (Å²) in [5.74, 6) is 0. The summed E-state index contributed by atoms with van der Waals surface area (Å²) >= 11 is 0. The molecule has 112 valence electrons. The lowest BCUT2D eigenvalue weighted by Gasteiger charge is -2.17. The van der Waals surface area contributed by atoms with E-state index in [1.54, 1.807) is 19.2 Å². The highest BCUT2D eigenvalue weighted by molar-refractivity contribution is 5.32. The van der Waals surface area contributed by atoms with Crippen LogP contribution >= 0.6 is 0 Å². The molecule has 0 fully saturated rings. The topological polar surface area (TPSA) is 90.4 Å². The number of ether oxygens (including phenoxy) is 1. The maximum absolute atomic E-state index is 10.6. The summed E-state index contributed by atoms with van der Waals surface area (Å²) in [6.45, 7) is 2.17. The van der Waals surface area contributed by atoms with E-state index in [0.717, 1.165) is 31.4 Å². The molecule has 3 N–H and O–H groups in total. The summed E-state index contributed by atoms with van der Waals surface area (Å²) in [7, 11) is 1.69. The summed E-state index contributed by atoms with van der Waals surface area (Å²) in [6.07, 6.45) is 2.80. The number of hydrogen-bond acceptors (Lipinski definition) is 5. The van der Waals surface area contributed by atoms with Crippen LogP contribution in [0.15, 0.2) is 24.3 Å². The van der Waals surface area contributed by atoms with Crippen molar-refractivity contribution in [2.24, 2.45) is 5.73 Å². The van der Waals surface area contributed by atoms with Crippen LogP contribution in [0.1, 0.15) is 18.4 Å². The fraction of sp³-hybridized carbons (Fsp3) is 0.571. The predicted octanol–water partition coefficient (Wildman–Crippen LogP) is 1.48. The Kier molecular flexibility index (Phi) is 7.79. The van der Waals surface area contributed by atoms with Gasteiger partial charge in [-0.25, -0.2) is 0 Å². The van der Waals surface area contributed by atoms with Gasteiger partial charge in [-0.05, 0) is 37.9 Å². The fourth-order valence-electron chi connectivity index (χ4n) is 2.01. The van der Waals surface area contributed by atoms with Crippen molar-refractivity contribution in [2.45, 2.75) is 25.3 Å². The van der Waals surface area contributed by atoms with E-state index >= 15 is 0 Å². The van der Waals surface area contributed by atoms with Crippen LogP contribution in [0.5, 0.6) is 0 Å². The van der Waals surface area contributed by atoms with Gasteiger partial charge in [-0.1, -0.05) is 12.1 Å².